The van der Waals surface area contributed by atoms with E-state index in [0.29, 0.717) is 36.0 Å². The Morgan fingerprint density at radius 2 is 1.93 bits per heavy atom. The molecule has 0 spiro atoms. The van der Waals surface area contributed by atoms with Gasteiger partial charge in [-0.15, -0.1) is 11.3 Å². The minimum Gasteiger partial charge on any atom is -0.486 e. The summed E-state index contributed by atoms with van der Waals surface area (Å²) in [5, 5.41) is 4.61. The predicted octanol–water partition coefficient (Wildman–Crippen LogP) is 3.58. The molecule has 0 saturated heterocycles. The van der Waals surface area contributed by atoms with Crippen LogP contribution in [-0.2, 0) is 22.4 Å². The van der Waals surface area contributed by atoms with E-state index in [-0.39, 0.29) is 5.91 Å². The van der Waals surface area contributed by atoms with Gasteiger partial charge in [0.05, 0.1) is 5.56 Å². The molecule has 2 aliphatic rings. The third-order valence-corrected chi connectivity index (χ3v) is 5.83. The zero-order valence-corrected chi connectivity index (χ0v) is 15.9. The predicted molar refractivity (Wildman–Crippen MR) is 102 cm³/mol. The highest BCUT2D eigenvalue weighted by Crippen LogP contribution is 2.33. The third-order valence-electron chi connectivity index (χ3n) is 4.74. The second kappa shape index (κ2) is 7.60. The number of carbonyl (C=O) groups excluding carboxylic acids is 2. The Kier molecular flexibility index (Phi) is 5.03. The van der Waals surface area contributed by atoms with Crippen LogP contribution in [0.15, 0.2) is 23.6 Å². The van der Waals surface area contributed by atoms with Crippen LogP contribution in [0.25, 0.3) is 0 Å². The lowest BCUT2D eigenvalue weighted by atomic mass is 9.96. The quantitative estimate of drug-likeness (QED) is 0.812. The van der Waals surface area contributed by atoms with E-state index < -0.39 is 12.1 Å². The molecule has 1 atom stereocenters. The number of fused-ring (bicyclic) bond motifs is 2. The Morgan fingerprint density at radius 3 is 2.78 bits per heavy atom. The van der Waals surface area contributed by atoms with E-state index >= 15 is 0 Å². The molecule has 0 saturated carbocycles. The van der Waals surface area contributed by atoms with Crippen molar-refractivity contribution in [2.45, 2.75) is 38.7 Å². The Morgan fingerprint density at radius 1 is 1.15 bits per heavy atom. The zero-order chi connectivity index (χ0) is 18.8. The lowest BCUT2D eigenvalue weighted by Crippen LogP contribution is -2.30. The summed E-state index contributed by atoms with van der Waals surface area (Å²) in [7, 11) is 0. The summed E-state index contributed by atoms with van der Waals surface area (Å²) in [6, 6.07) is 5.18. The molecule has 1 aromatic carbocycles. The van der Waals surface area contributed by atoms with E-state index in [2.05, 4.69) is 5.32 Å². The largest absolute Gasteiger partial charge is 0.486 e. The topological polar surface area (TPSA) is 73.9 Å². The van der Waals surface area contributed by atoms with Crippen molar-refractivity contribution in [1.82, 2.24) is 0 Å². The van der Waals surface area contributed by atoms with E-state index in [1.807, 2.05) is 5.38 Å². The number of anilines is 1. The molecule has 0 radical (unpaired) electrons. The number of hydrogen-bond donors (Lipinski definition) is 1. The summed E-state index contributed by atoms with van der Waals surface area (Å²) in [6.45, 7) is 2.56. The maximum absolute atomic E-state index is 12.5. The van der Waals surface area contributed by atoms with Crippen LogP contribution < -0.4 is 14.8 Å². The smallest absolute Gasteiger partial charge is 0.340 e. The molecule has 27 heavy (non-hydrogen) atoms. The van der Waals surface area contributed by atoms with E-state index in [1.165, 1.54) is 4.88 Å². The van der Waals surface area contributed by atoms with Gasteiger partial charge < -0.3 is 19.5 Å². The van der Waals surface area contributed by atoms with Gasteiger partial charge in [0.15, 0.2) is 17.6 Å². The van der Waals surface area contributed by atoms with Crippen LogP contribution in [0.2, 0.25) is 0 Å². The second-order valence-electron chi connectivity index (χ2n) is 6.65. The molecule has 0 bridgehead atoms. The van der Waals surface area contributed by atoms with Crippen LogP contribution in [0, 0.1) is 0 Å². The SMILES string of the molecule is C[C@H](OC(=O)c1csc2c1CCCC2)C(=O)Nc1ccc2c(c1)OCCO2. The average Bonchev–Trinajstić information content (AvgIpc) is 3.12. The van der Waals surface area contributed by atoms with Crippen LogP contribution in [0.1, 0.15) is 40.6 Å². The zero-order valence-electron chi connectivity index (χ0n) is 15.1. The van der Waals surface area contributed by atoms with Crippen molar-refractivity contribution in [3.8, 4) is 11.5 Å². The summed E-state index contributed by atoms with van der Waals surface area (Å²) in [5.74, 6) is 0.429. The van der Waals surface area contributed by atoms with Crippen molar-refractivity contribution in [2.75, 3.05) is 18.5 Å². The first-order valence-corrected chi connectivity index (χ1v) is 10.0. The fourth-order valence-corrected chi connectivity index (χ4v) is 4.42. The Labute approximate surface area is 161 Å². The van der Waals surface area contributed by atoms with Crippen molar-refractivity contribution < 1.29 is 23.8 Å². The van der Waals surface area contributed by atoms with Gasteiger partial charge in [-0.1, -0.05) is 0 Å². The van der Waals surface area contributed by atoms with Crippen LogP contribution in [0.5, 0.6) is 11.5 Å². The Hall–Kier alpha value is -2.54. The first-order chi connectivity index (χ1) is 13.1. The molecule has 2 heterocycles. The highest BCUT2D eigenvalue weighted by Gasteiger charge is 2.25. The van der Waals surface area contributed by atoms with Crippen molar-refractivity contribution in [3.05, 3.63) is 39.6 Å². The summed E-state index contributed by atoms with van der Waals surface area (Å²) >= 11 is 1.60. The van der Waals surface area contributed by atoms with Crippen molar-refractivity contribution >= 4 is 28.9 Å². The van der Waals surface area contributed by atoms with Crippen LogP contribution in [0.4, 0.5) is 5.69 Å². The van der Waals surface area contributed by atoms with Crippen molar-refractivity contribution in [1.29, 1.82) is 0 Å². The minimum absolute atomic E-state index is 0.385. The summed E-state index contributed by atoms with van der Waals surface area (Å²) in [6.07, 6.45) is 3.28. The lowest BCUT2D eigenvalue weighted by molar-refractivity contribution is -0.123. The first-order valence-electron chi connectivity index (χ1n) is 9.12. The van der Waals surface area contributed by atoms with Gasteiger partial charge in [0.25, 0.3) is 5.91 Å². The number of rotatable bonds is 4. The normalized spacial score (nSPS) is 16.2. The number of thiophene rings is 1. The number of ether oxygens (including phenoxy) is 3. The Bertz CT molecular complexity index is 875. The molecule has 1 aromatic heterocycles. The average molecular weight is 387 g/mol. The molecule has 1 aliphatic carbocycles. The van der Waals surface area contributed by atoms with Crippen molar-refractivity contribution in [3.63, 3.8) is 0 Å². The molecule has 0 unspecified atom stereocenters. The maximum Gasteiger partial charge on any atom is 0.340 e. The van der Waals surface area contributed by atoms with E-state index in [1.54, 1.807) is 36.5 Å². The number of benzene rings is 1. The summed E-state index contributed by atoms with van der Waals surface area (Å²) in [4.78, 5) is 26.2. The second-order valence-corrected chi connectivity index (χ2v) is 7.62. The monoisotopic (exact) mass is 387 g/mol. The van der Waals surface area contributed by atoms with E-state index in [4.69, 9.17) is 14.2 Å². The highest BCUT2D eigenvalue weighted by molar-refractivity contribution is 7.10. The van der Waals surface area contributed by atoms with Crippen LogP contribution in [-0.4, -0.2) is 31.2 Å². The highest BCUT2D eigenvalue weighted by atomic mass is 32.1. The molecule has 4 rings (SSSR count). The van der Waals surface area contributed by atoms with Gasteiger partial charge in [-0.05, 0) is 50.3 Å². The maximum atomic E-state index is 12.5. The molecular weight excluding hydrogens is 366 g/mol. The number of nitrogens with one attached hydrogen (secondary N) is 1. The molecule has 1 amide bonds. The number of esters is 1. The molecule has 6 nitrogen and oxygen atoms in total. The van der Waals surface area contributed by atoms with Gasteiger partial charge >= 0.3 is 5.97 Å². The fraction of sp³-hybridized carbons (Fsp3) is 0.400. The first kappa shape index (κ1) is 17.9. The van der Waals surface area contributed by atoms with Crippen LogP contribution >= 0.6 is 11.3 Å². The molecular formula is C20H21NO5S. The van der Waals surface area contributed by atoms with Crippen LogP contribution in [0.3, 0.4) is 0 Å². The number of hydrogen-bond acceptors (Lipinski definition) is 6. The fourth-order valence-electron chi connectivity index (χ4n) is 3.31. The molecule has 2 aromatic rings. The van der Waals surface area contributed by atoms with Gasteiger partial charge in [-0.25, -0.2) is 4.79 Å². The van der Waals surface area contributed by atoms with Gasteiger partial charge in [0.1, 0.15) is 13.2 Å². The van der Waals surface area contributed by atoms with E-state index in [9.17, 15) is 9.59 Å². The van der Waals surface area contributed by atoms with E-state index in [0.717, 1.165) is 31.2 Å². The lowest BCUT2D eigenvalue weighted by Gasteiger charge is -2.19. The van der Waals surface area contributed by atoms with Gasteiger partial charge in [0, 0.05) is 22.0 Å². The van der Waals surface area contributed by atoms with Gasteiger partial charge in [-0.2, -0.15) is 0 Å². The van der Waals surface area contributed by atoms with Gasteiger partial charge in [-0.3, -0.25) is 4.79 Å². The van der Waals surface area contributed by atoms with Crippen molar-refractivity contribution in [2.24, 2.45) is 0 Å². The molecule has 0 fully saturated rings. The molecule has 1 N–H and O–H groups in total. The summed E-state index contributed by atoms with van der Waals surface area (Å²) < 4.78 is 16.4. The molecule has 7 heteroatoms. The molecule has 1 aliphatic heterocycles. The minimum atomic E-state index is -0.898. The number of amides is 1. The summed E-state index contributed by atoms with van der Waals surface area (Å²) in [5.41, 5.74) is 2.27. The standard InChI is InChI=1S/C20H21NO5S/c1-12(26-20(23)15-11-27-18-5-3-2-4-14(15)18)19(22)21-13-6-7-16-17(10-13)25-9-8-24-16/h6-7,10-12H,2-5,8-9H2,1H3,(H,21,22)/t12-/m0/s1. The number of aryl methyl sites for hydroxylation is 1. The molecule has 142 valence electrons. The Balaban J connectivity index is 1.39. The third kappa shape index (κ3) is 3.78. The van der Waals surface area contributed by atoms with Gasteiger partial charge in [0.2, 0.25) is 0 Å². The number of carbonyl (C=O) groups is 2.